The lowest BCUT2D eigenvalue weighted by Gasteiger charge is -1.97. The van der Waals surface area contributed by atoms with Gasteiger partial charge < -0.3 is 0 Å². The number of primary sulfonamides is 1. The molecule has 0 aromatic heterocycles. The third kappa shape index (κ3) is 2.51. The molecule has 0 spiro atoms. The molecule has 4 nitrogen and oxygen atoms in total. The maximum absolute atomic E-state index is 10.8. The lowest BCUT2D eigenvalue weighted by Crippen LogP contribution is -2.12. The van der Waals surface area contributed by atoms with Gasteiger partial charge in [0.15, 0.2) is 0 Å². The molecule has 0 heterocycles. The van der Waals surface area contributed by atoms with E-state index in [1.165, 1.54) is 24.3 Å². The first-order valence-corrected chi connectivity index (χ1v) is 5.16. The van der Waals surface area contributed by atoms with Crippen LogP contribution in [0.2, 0.25) is 0 Å². The zero-order valence-corrected chi connectivity index (χ0v) is 7.97. The average Bonchev–Trinajstić information content (AvgIpc) is 2.03. The predicted octanol–water partition coefficient (Wildman–Crippen LogP) is 0.713. The van der Waals surface area contributed by atoms with Crippen molar-refractivity contribution in [2.75, 3.05) is 0 Å². The van der Waals surface area contributed by atoms with E-state index in [-0.39, 0.29) is 10.5 Å². The standard InChI is InChI=1S/C7H6ClNO3S/c8-7(10)5-1-3-6(4-2-5)13(9,11)12/h1-4H,(H2,9,11,12). The first-order chi connectivity index (χ1) is 5.91. The minimum atomic E-state index is -3.70. The Morgan fingerprint density at radius 1 is 1.23 bits per heavy atom. The summed E-state index contributed by atoms with van der Waals surface area (Å²) in [4.78, 5) is 10.5. The summed E-state index contributed by atoms with van der Waals surface area (Å²) in [6.45, 7) is 0. The molecule has 6 heteroatoms. The van der Waals surface area contributed by atoms with Crippen LogP contribution in [0.15, 0.2) is 29.2 Å². The van der Waals surface area contributed by atoms with Crippen molar-refractivity contribution >= 4 is 26.9 Å². The summed E-state index contributed by atoms with van der Waals surface area (Å²) in [5.74, 6) is 0. The highest BCUT2D eigenvalue weighted by Crippen LogP contribution is 2.10. The molecule has 0 amide bonds. The van der Waals surface area contributed by atoms with E-state index in [0.29, 0.717) is 0 Å². The maximum atomic E-state index is 10.8. The van der Waals surface area contributed by atoms with Gasteiger partial charge >= 0.3 is 0 Å². The Labute approximate surface area is 80.4 Å². The number of nitrogens with two attached hydrogens (primary N) is 1. The van der Waals surface area contributed by atoms with E-state index in [1.807, 2.05) is 0 Å². The van der Waals surface area contributed by atoms with Crippen LogP contribution >= 0.6 is 11.6 Å². The van der Waals surface area contributed by atoms with E-state index in [4.69, 9.17) is 16.7 Å². The fourth-order valence-electron chi connectivity index (χ4n) is 0.776. The fraction of sp³-hybridized carbons (Fsp3) is 0. The summed E-state index contributed by atoms with van der Waals surface area (Å²) < 4.78 is 21.5. The average molecular weight is 220 g/mol. The van der Waals surface area contributed by atoms with Crippen molar-refractivity contribution in [3.8, 4) is 0 Å². The van der Waals surface area contributed by atoms with Gasteiger partial charge in [-0.05, 0) is 35.9 Å². The van der Waals surface area contributed by atoms with Gasteiger partial charge in [-0.15, -0.1) is 0 Å². The van der Waals surface area contributed by atoms with Crippen LogP contribution in [0, 0.1) is 0 Å². The van der Waals surface area contributed by atoms with Crippen molar-refractivity contribution in [2.24, 2.45) is 5.14 Å². The Hall–Kier alpha value is -0.910. The lowest BCUT2D eigenvalue weighted by molar-refractivity contribution is 0.108. The second-order valence-electron chi connectivity index (χ2n) is 2.34. The van der Waals surface area contributed by atoms with Gasteiger partial charge in [0.05, 0.1) is 4.90 Å². The number of benzene rings is 1. The monoisotopic (exact) mass is 219 g/mol. The minimum absolute atomic E-state index is 0.0471. The summed E-state index contributed by atoms with van der Waals surface area (Å²) in [6, 6.07) is 5.06. The second kappa shape index (κ2) is 3.45. The first-order valence-electron chi connectivity index (χ1n) is 3.24. The molecule has 70 valence electrons. The summed E-state index contributed by atoms with van der Waals surface area (Å²) in [5.41, 5.74) is 0.231. The van der Waals surface area contributed by atoms with Crippen LogP contribution in [-0.2, 0) is 10.0 Å². The molecule has 0 unspecified atom stereocenters. The highest BCUT2D eigenvalue weighted by atomic mass is 35.5. The van der Waals surface area contributed by atoms with Gasteiger partial charge in [-0.1, -0.05) is 0 Å². The smallest absolute Gasteiger partial charge is 0.252 e. The molecule has 13 heavy (non-hydrogen) atoms. The summed E-state index contributed by atoms with van der Waals surface area (Å²) in [5, 5.41) is 4.20. The molecule has 0 aliphatic rings. The van der Waals surface area contributed by atoms with E-state index in [0.717, 1.165) is 0 Å². The molecule has 0 fully saturated rings. The van der Waals surface area contributed by atoms with Gasteiger partial charge in [0.1, 0.15) is 0 Å². The van der Waals surface area contributed by atoms with Crippen molar-refractivity contribution in [1.29, 1.82) is 0 Å². The number of hydrogen-bond donors (Lipinski definition) is 1. The molecule has 0 aliphatic carbocycles. The SMILES string of the molecule is NS(=O)(=O)c1ccc(C(=O)Cl)cc1. The molecule has 0 bridgehead atoms. The largest absolute Gasteiger partial charge is 0.276 e. The van der Waals surface area contributed by atoms with Crippen molar-refractivity contribution in [2.45, 2.75) is 4.90 Å². The minimum Gasteiger partial charge on any atom is -0.276 e. The van der Waals surface area contributed by atoms with Crippen molar-refractivity contribution < 1.29 is 13.2 Å². The number of halogens is 1. The number of carbonyl (C=O) groups excluding carboxylic acids is 1. The Bertz CT molecular complexity index is 424. The van der Waals surface area contributed by atoms with Crippen LogP contribution < -0.4 is 5.14 Å². The molecular formula is C7H6ClNO3S. The molecule has 0 aliphatic heterocycles. The maximum Gasteiger partial charge on any atom is 0.252 e. The van der Waals surface area contributed by atoms with Crippen LogP contribution in [0.25, 0.3) is 0 Å². The third-order valence-corrected chi connectivity index (χ3v) is 2.56. The predicted molar refractivity (Wildman–Crippen MR) is 48.0 cm³/mol. The summed E-state index contributed by atoms with van der Waals surface area (Å²) in [6.07, 6.45) is 0. The topological polar surface area (TPSA) is 77.2 Å². The molecule has 0 saturated heterocycles. The van der Waals surface area contributed by atoms with Crippen LogP contribution in [-0.4, -0.2) is 13.7 Å². The van der Waals surface area contributed by atoms with Crippen molar-refractivity contribution in [3.63, 3.8) is 0 Å². The number of hydrogen-bond acceptors (Lipinski definition) is 3. The first kappa shape index (κ1) is 10.2. The summed E-state index contributed by atoms with van der Waals surface area (Å²) in [7, 11) is -3.70. The molecule has 0 saturated carbocycles. The van der Waals surface area contributed by atoms with Crippen LogP contribution in [0.5, 0.6) is 0 Å². The van der Waals surface area contributed by atoms with Gasteiger partial charge in [0, 0.05) is 5.56 Å². The van der Waals surface area contributed by atoms with E-state index in [9.17, 15) is 13.2 Å². The van der Waals surface area contributed by atoms with E-state index in [1.54, 1.807) is 0 Å². The number of rotatable bonds is 2. The highest BCUT2D eigenvalue weighted by molar-refractivity contribution is 7.89. The van der Waals surface area contributed by atoms with Gasteiger partial charge in [-0.25, -0.2) is 13.6 Å². The van der Waals surface area contributed by atoms with E-state index in [2.05, 4.69) is 0 Å². The fourth-order valence-corrected chi connectivity index (χ4v) is 1.42. The Morgan fingerprint density at radius 3 is 2.00 bits per heavy atom. The zero-order chi connectivity index (χ0) is 10.1. The molecule has 0 radical (unpaired) electrons. The Kier molecular flexibility index (Phi) is 2.70. The van der Waals surface area contributed by atoms with Crippen LogP contribution in [0.4, 0.5) is 0 Å². The number of carbonyl (C=O) groups is 1. The van der Waals surface area contributed by atoms with Crippen LogP contribution in [0.1, 0.15) is 10.4 Å². The molecule has 1 aromatic carbocycles. The normalized spacial score (nSPS) is 11.2. The van der Waals surface area contributed by atoms with Gasteiger partial charge in [-0.3, -0.25) is 4.79 Å². The van der Waals surface area contributed by atoms with Crippen molar-refractivity contribution in [3.05, 3.63) is 29.8 Å². The Morgan fingerprint density at radius 2 is 1.69 bits per heavy atom. The zero-order valence-electron chi connectivity index (χ0n) is 6.40. The third-order valence-electron chi connectivity index (χ3n) is 1.41. The summed E-state index contributed by atoms with van der Waals surface area (Å²) >= 11 is 5.15. The van der Waals surface area contributed by atoms with E-state index >= 15 is 0 Å². The molecule has 1 aromatic rings. The Balaban J connectivity index is 3.16. The number of sulfonamides is 1. The second-order valence-corrected chi connectivity index (χ2v) is 4.25. The lowest BCUT2D eigenvalue weighted by atomic mass is 10.2. The van der Waals surface area contributed by atoms with Gasteiger partial charge in [0.2, 0.25) is 10.0 Å². The van der Waals surface area contributed by atoms with Gasteiger partial charge in [-0.2, -0.15) is 0 Å². The van der Waals surface area contributed by atoms with Gasteiger partial charge in [0.25, 0.3) is 5.24 Å². The highest BCUT2D eigenvalue weighted by Gasteiger charge is 2.08. The molecular weight excluding hydrogens is 214 g/mol. The molecule has 1 rings (SSSR count). The van der Waals surface area contributed by atoms with Crippen LogP contribution in [0.3, 0.4) is 0 Å². The molecule has 2 N–H and O–H groups in total. The van der Waals surface area contributed by atoms with E-state index < -0.39 is 15.3 Å². The molecule has 0 atom stereocenters. The van der Waals surface area contributed by atoms with Crippen molar-refractivity contribution in [1.82, 2.24) is 0 Å². The quantitative estimate of drug-likeness (QED) is 0.745.